The summed E-state index contributed by atoms with van der Waals surface area (Å²) in [4.78, 5) is 28.6. The Morgan fingerprint density at radius 2 is 1.32 bits per heavy atom. The van der Waals surface area contributed by atoms with Crippen LogP contribution in [-0.4, -0.2) is 29.3 Å². The molecular weight excluding hydrogens is 420 g/mol. The zero-order valence-corrected chi connectivity index (χ0v) is 20.7. The number of amides is 2. The highest BCUT2D eigenvalue weighted by molar-refractivity contribution is 5.87. The highest BCUT2D eigenvalue weighted by atomic mass is 16.2. The summed E-state index contributed by atoms with van der Waals surface area (Å²) in [6, 6.07) is 27.7. The van der Waals surface area contributed by atoms with Gasteiger partial charge in [0.05, 0.1) is 0 Å². The molecule has 0 saturated carbocycles. The fraction of sp³-hybridized carbons (Fsp3) is 0.333. The van der Waals surface area contributed by atoms with Gasteiger partial charge < -0.3 is 10.2 Å². The minimum absolute atomic E-state index is 0.0341. The zero-order chi connectivity index (χ0) is 24.5. The molecule has 0 aliphatic carbocycles. The monoisotopic (exact) mass is 456 g/mol. The van der Waals surface area contributed by atoms with Crippen molar-refractivity contribution in [2.45, 2.75) is 52.6 Å². The van der Waals surface area contributed by atoms with Crippen LogP contribution in [0.5, 0.6) is 0 Å². The minimum atomic E-state index is -0.571. The predicted molar refractivity (Wildman–Crippen MR) is 138 cm³/mol. The Labute approximate surface area is 204 Å². The van der Waals surface area contributed by atoms with Crippen molar-refractivity contribution >= 4 is 11.8 Å². The number of aryl methyl sites for hydroxylation is 1. The first-order chi connectivity index (χ1) is 16.4. The lowest BCUT2D eigenvalue weighted by Gasteiger charge is -2.31. The Morgan fingerprint density at radius 1 is 0.794 bits per heavy atom. The molecule has 0 heterocycles. The average molecular weight is 457 g/mol. The Kier molecular flexibility index (Phi) is 9.03. The molecule has 0 bridgehead atoms. The van der Waals surface area contributed by atoms with Gasteiger partial charge in [0.25, 0.3) is 0 Å². The lowest BCUT2D eigenvalue weighted by Crippen LogP contribution is -2.48. The van der Waals surface area contributed by atoms with Crippen LogP contribution >= 0.6 is 0 Å². The first-order valence-corrected chi connectivity index (χ1v) is 12.1. The topological polar surface area (TPSA) is 49.4 Å². The number of rotatable bonds is 10. The molecule has 3 aromatic carbocycles. The van der Waals surface area contributed by atoms with E-state index in [9.17, 15) is 9.59 Å². The van der Waals surface area contributed by atoms with Gasteiger partial charge in [-0.1, -0.05) is 98.8 Å². The van der Waals surface area contributed by atoms with Crippen molar-refractivity contribution in [3.63, 3.8) is 0 Å². The third kappa shape index (κ3) is 6.80. The summed E-state index contributed by atoms with van der Waals surface area (Å²) >= 11 is 0. The van der Waals surface area contributed by atoms with Crippen molar-refractivity contribution in [2.24, 2.45) is 5.92 Å². The number of nitrogens with zero attached hydrogens (tertiary/aromatic N) is 1. The zero-order valence-electron chi connectivity index (χ0n) is 20.7. The van der Waals surface area contributed by atoms with Gasteiger partial charge in [0.1, 0.15) is 6.04 Å². The van der Waals surface area contributed by atoms with Crippen LogP contribution in [0.3, 0.4) is 0 Å². The molecule has 0 saturated heterocycles. The van der Waals surface area contributed by atoms with E-state index >= 15 is 0 Å². The first kappa shape index (κ1) is 25.2. The van der Waals surface area contributed by atoms with E-state index in [1.54, 1.807) is 4.90 Å². The standard InChI is InChI=1S/C30H36N2O2/c1-22(2)20-31-30(34)24(4)32(21-27-18-12-11-13-23(27)3)29(33)19-28(25-14-7-5-8-15-25)26-16-9-6-10-17-26/h5-18,22,24,28H,19-21H2,1-4H3,(H,31,34)/t24-/m1/s1. The van der Waals surface area contributed by atoms with E-state index < -0.39 is 6.04 Å². The van der Waals surface area contributed by atoms with Crippen LogP contribution in [0.2, 0.25) is 0 Å². The molecule has 3 aromatic rings. The Hall–Kier alpha value is -3.40. The lowest BCUT2D eigenvalue weighted by molar-refractivity contribution is -0.140. The van der Waals surface area contributed by atoms with Crippen molar-refractivity contribution in [3.05, 3.63) is 107 Å². The van der Waals surface area contributed by atoms with Gasteiger partial charge in [-0.3, -0.25) is 9.59 Å². The largest absolute Gasteiger partial charge is 0.354 e. The molecule has 1 atom stereocenters. The lowest BCUT2D eigenvalue weighted by atomic mass is 9.88. The smallest absolute Gasteiger partial charge is 0.242 e. The molecule has 3 rings (SSSR count). The molecule has 34 heavy (non-hydrogen) atoms. The molecule has 0 aromatic heterocycles. The number of hydrogen-bond donors (Lipinski definition) is 1. The Morgan fingerprint density at radius 3 is 1.85 bits per heavy atom. The molecule has 1 N–H and O–H groups in total. The summed E-state index contributed by atoms with van der Waals surface area (Å²) in [6.07, 6.45) is 0.293. The second kappa shape index (κ2) is 12.2. The molecule has 0 spiro atoms. The van der Waals surface area contributed by atoms with Gasteiger partial charge in [-0.15, -0.1) is 0 Å². The van der Waals surface area contributed by atoms with Gasteiger partial charge in [-0.25, -0.2) is 0 Å². The van der Waals surface area contributed by atoms with Gasteiger partial charge in [-0.05, 0) is 42.0 Å². The average Bonchev–Trinajstić information content (AvgIpc) is 2.85. The van der Waals surface area contributed by atoms with Crippen molar-refractivity contribution in [3.8, 4) is 0 Å². The van der Waals surface area contributed by atoms with E-state index in [1.165, 1.54) is 0 Å². The SMILES string of the molecule is Cc1ccccc1CN(C(=O)CC(c1ccccc1)c1ccccc1)[C@H](C)C(=O)NCC(C)C. The van der Waals surface area contributed by atoms with E-state index in [2.05, 4.69) is 43.4 Å². The predicted octanol–water partition coefficient (Wildman–Crippen LogP) is 5.71. The van der Waals surface area contributed by atoms with Gasteiger partial charge in [-0.2, -0.15) is 0 Å². The molecule has 4 nitrogen and oxygen atoms in total. The molecule has 0 aliphatic rings. The number of hydrogen-bond acceptors (Lipinski definition) is 2. The summed E-state index contributed by atoms with van der Waals surface area (Å²) in [5.41, 5.74) is 4.35. The summed E-state index contributed by atoms with van der Waals surface area (Å²) in [5, 5.41) is 3.00. The Balaban J connectivity index is 1.90. The number of nitrogens with one attached hydrogen (secondary N) is 1. The first-order valence-electron chi connectivity index (χ1n) is 12.1. The normalized spacial score (nSPS) is 11.9. The van der Waals surface area contributed by atoms with Crippen molar-refractivity contribution in [2.75, 3.05) is 6.54 Å². The van der Waals surface area contributed by atoms with Crippen LogP contribution < -0.4 is 5.32 Å². The van der Waals surface area contributed by atoms with Gasteiger partial charge in [0, 0.05) is 25.4 Å². The summed E-state index contributed by atoms with van der Waals surface area (Å²) in [5.74, 6) is 0.108. The van der Waals surface area contributed by atoms with E-state index in [-0.39, 0.29) is 17.7 Å². The quantitative estimate of drug-likeness (QED) is 0.425. The fourth-order valence-corrected chi connectivity index (χ4v) is 4.10. The van der Waals surface area contributed by atoms with Gasteiger partial charge in [0.2, 0.25) is 11.8 Å². The maximum Gasteiger partial charge on any atom is 0.242 e. The maximum absolute atomic E-state index is 13.8. The summed E-state index contributed by atoms with van der Waals surface area (Å²) in [7, 11) is 0. The molecule has 0 fully saturated rings. The maximum atomic E-state index is 13.8. The van der Waals surface area contributed by atoms with Gasteiger partial charge in [0.15, 0.2) is 0 Å². The fourth-order valence-electron chi connectivity index (χ4n) is 4.10. The highest BCUT2D eigenvalue weighted by Gasteiger charge is 2.29. The van der Waals surface area contributed by atoms with Gasteiger partial charge >= 0.3 is 0 Å². The third-order valence-corrected chi connectivity index (χ3v) is 6.24. The van der Waals surface area contributed by atoms with E-state index in [4.69, 9.17) is 0 Å². The van der Waals surface area contributed by atoms with Crippen molar-refractivity contribution < 1.29 is 9.59 Å². The molecular formula is C30H36N2O2. The van der Waals surface area contributed by atoms with Crippen LogP contribution in [0.1, 0.15) is 55.4 Å². The molecule has 0 unspecified atom stereocenters. The molecule has 0 radical (unpaired) electrons. The van der Waals surface area contributed by atoms with Crippen LogP contribution in [0.4, 0.5) is 0 Å². The van der Waals surface area contributed by atoms with Crippen LogP contribution in [0.25, 0.3) is 0 Å². The second-order valence-electron chi connectivity index (χ2n) is 9.34. The summed E-state index contributed by atoms with van der Waals surface area (Å²) in [6.45, 7) is 8.98. The number of carbonyl (C=O) groups excluding carboxylic acids is 2. The van der Waals surface area contributed by atoms with E-state index in [1.807, 2.05) is 74.5 Å². The molecule has 0 aliphatic heterocycles. The molecule has 2 amide bonds. The third-order valence-electron chi connectivity index (χ3n) is 6.24. The second-order valence-corrected chi connectivity index (χ2v) is 9.34. The molecule has 178 valence electrons. The number of benzene rings is 3. The van der Waals surface area contributed by atoms with Crippen LogP contribution in [0.15, 0.2) is 84.9 Å². The molecule has 4 heteroatoms. The van der Waals surface area contributed by atoms with E-state index in [0.717, 1.165) is 22.3 Å². The van der Waals surface area contributed by atoms with Crippen molar-refractivity contribution in [1.29, 1.82) is 0 Å². The summed E-state index contributed by atoms with van der Waals surface area (Å²) < 4.78 is 0. The minimum Gasteiger partial charge on any atom is -0.354 e. The Bertz CT molecular complexity index is 1020. The van der Waals surface area contributed by atoms with Crippen LogP contribution in [0, 0.1) is 12.8 Å². The number of carbonyl (C=O) groups is 2. The van der Waals surface area contributed by atoms with Crippen molar-refractivity contribution in [1.82, 2.24) is 10.2 Å². The van der Waals surface area contributed by atoms with E-state index in [0.29, 0.717) is 25.4 Å². The van der Waals surface area contributed by atoms with Crippen LogP contribution in [-0.2, 0) is 16.1 Å². The highest BCUT2D eigenvalue weighted by Crippen LogP contribution is 2.29.